The number of aryl methyl sites for hydroxylation is 1. The summed E-state index contributed by atoms with van der Waals surface area (Å²) >= 11 is 1.29. The van der Waals surface area contributed by atoms with Gasteiger partial charge in [0.25, 0.3) is 0 Å². The van der Waals surface area contributed by atoms with E-state index < -0.39 is 29.7 Å². The molecule has 2 aromatic carbocycles. The minimum atomic E-state index is -4.50. The fourth-order valence-corrected chi connectivity index (χ4v) is 6.44. The maximum Gasteiger partial charge on any atom is 0.240 e. The van der Waals surface area contributed by atoms with E-state index in [0.717, 1.165) is 16.5 Å². The van der Waals surface area contributed by atoms with E-state index in [4.69, 9.17) is 10.9 Å². The largest absolute Gasteiger partial charge is 0.375 e. The summed E-state index contributed by atoms with van der Waals surface area (Å²) in [5, 5.41) is 19.2. The lowest BCUT2D eigenvalue weighted by Gasteiger charge is -2.15. The van der Waals surface area contributed by atoms with E-state index in [1.165, 1.54) is 23.5 Å². The first-order valence-corrected chi connectivity index (χ1v) is 12.5. The Balaban J connectivity index is 2.23. The van der Waals surface area contributed by atoms with Crippen LogP contribution in [0.1, 0.15) is 5.56 Å². The number of nitrogens with two attached hydrogens (primary N) is 2. The highest BCUT2D eigenvalue weighted by molar-refractivity contribution is 7.93. The van der Waals surface area contributed by atoms with Crippen LogP contribution >= 0.6 is 11.3 Å². The third kappa shape index (κ3) is 3.32. The predicted molar refractivity (Wildman–Crippen MR) is 112 cm³/mol. The summed E-state index contributed by atoms with van der Waals surface area (Å²) < 4.78 is 50.5. The molecule has 156 valence electrons. The summed E-state index contributed by atoms with van der Waals surface area (Å²) in [6.07, 6.45) is 0.891. The van der Waals surface area contributed by atoms with Crippen LogP contribution in [0.2, 0.25) is 0 Å². The lowest BCUT2D eigenvalue weighted by molar-refractivity contribution is 0.586. The molecule has 0 radical (unpaired) electrons. The van der Waals surface area contributed by atoms with Crippen molar-refractivity contribution in [2.45, 2.75) is 16.7 Å². The highest BCUT2D eigenvalue weighted by Gasteiger charge is 2.31. The molecule has 0 atom stereocenters. The highest BCUT2D eigenvalue weighted by atomic mass is 32.2. The van der Waals surface area contributed by atoms with Crippen molar-refractivity contribution in [1.29, 1.82) is 0 Å². The Morgan fingerprint density at radius 1 is 1.07 bits per heavy atom. The van der Waals surface area contributed by atoms with Crippen LogP contribution < -0.4 is 10.9 Å². The van der Waals surface area contributed by atoms with Crippen molar-refractivity contribution < 1.29 is 16.8 Å². The first-order valence-electron chi connectivity index (χ1n) is 8.28. The van der Waals surface area contributed by atoms with E-state index in [1.54, 1.807) is 6.07 Å². The summed E-state index contributed by atoms with van der Waals surface area (Å²) in [7, 11) is -8.46. The molecule has 4 rings (SSSR count). The van der Waals surface area contributed by atoms with E-state index in [9.17, 15) is 16.8 Å². The molecule has 30 heavy (non-hydrogen) atoms. The van der Waals surface area contributed by atoms with Crippen LogP contribution in [0.5, 0.6) is 0 Å². The second kappa shape index (κ2) is 6.80. The molecule has 0 saturated carbocycles. The minimum Gasteiger partial charge on any atom is -0.375 e. The number of sulfone groups is 1. The van der Waals surface area contributed by atoms with Gasteiger partial charge in [-0.3, -0.25) is 0 Å². The third-order valence-corrected chi connectivity index (χ3v) is 7.70. The first kappa shape index (κ1) is 20.3. The summed E-state index contributed by atoms with van der Waals surface area (Å²) in [5.41, 5.74) is 8.11. The molecule has 0 saturated heterocycles. The Bertz CT molecular complexity index is 1510. The van der Waals surface area contributed by atoms with Crippen LogP contribution in [0, 0.1) is 6.92 Å². The number of anilines is 1. The van der Waals surface area contributed by atoms with E-state index in [1.807, 2.05) is 13.0 Å². The number of aromatic amines is 1. The van der Waals surface area contributed by atoms with Gasteiger partial charge in [0.2, 0.25) is 15.8 Å². The van der Waals surface area contributed by atoms with Crippen molar-refractivity contribution in [3.63, 3.8) is 0 Å². The number of nitrogens with one attached hydrogen (secondary N) is 1. The van der Waals surface area contributed by atoms with Gasteiger partial charge < -0.3 is 5.73 Å². The Hall–Kier alpha value is -2.94. The number of hydrogen-bond acceptors (Lipinski definition) is 10. The summed E-state index contributed by atoms with van der Waals surface area (Å²) in [6, 6.07) is 6.23. The van der Waals surface area contributed by atoms with Crippen LogP contribution in [-0.2, 0) is 19.9 Å². The molecule has 0 spiro atoms. The maximum absolute atomic E-state index is 12.5. The highest BCUT2D eigenvalue weighted by Crippen LogP contribution is 2.42. The Labute approximate surface area is 175 Å². The van der Waals surface area contributed by atoms with E-state index in [0.29, 0.717) is 21.8 Å². The van der Waals surface area contributed by atoms with E-state index in [2.05, 4.69) is 25.6 Å². The Morgan fingerprint density at radius 2 is 1.77 bits per heavy atom. The van der Waals surface area contributed by atoms with Gasteiger partial charge in [0.05, 0.1) is 20.7 Å². The second-order valence-electron chi connectivity index (χ2n) is 6.53. The number of fused-ring (bicyclic) bond motifs is 1. The molecule has 0 amide bonds. The van der Waals surface area contributed by atoms with Gasteiger partial charge in [0.15, 0.2) is 15.0 Å². The number of tetrazole rings is 1. The van der Waals surface area contributed by atoms with Gasteiger partial charge in [-0.1, -0.05) is 29.5 Å². The van der Waals surface area contributed by atoms with Crippen LogP contribution in [0.4, 0.5) is 5.13 Å². The lowest BCUT2D eigenvalue weighted by Crippen LogP contribution is -2.18. The smallest absolute Gasteiger partial charge is 0.240 e. The molecule has 14 heteroatoms. The minimum absolute atomic E-state index is 0.0918. The van der Waals surface area contributed by atoms with E-state index in [-0.39, 0.29) is 11.4 Å². The monoisotopic (exact) mass is 465 g/mol. The zero-order valence-electron chi connectivity index (χ0n) is 15.6. The normalized spacial score (nSPS) is 12.5. The number of benzene rings is 2. The molecule has 2 aromatic heterocycles. The topological polar surface area (TPSA) is 188 Å². The summed E-state index contributed by atoms with van der Waals surface area (Å²) in [4.78, 5) is 3.30. The second-order valence-corrected chi connectivity index (χ2v) is 11.0. The van der Waals surface area contributed by atoms with Crippen molar-refractivity contribution in [2.24, 2.45) is 5.14 Å². The van der Waals surface area contributed by atoms with Crippen molar-refractivity contribution in [1.82, 2.24) is 25.6 Å². The number of H-pyrrole nitrogens is 1. The van der Waals surface area contributed by atoms with Crippen molar-refractivity contribution in [2.75, 3.05) is 12.0 Å². The van der Waals surface area contributed by atoms with Gasteiger partial charge in [0, 0.05) is 11.8 Å². The molecule has 2 heterocycles. The lowest BCUT2D eigenvalue weighted by atomic mass is 9.97. The van der Waals surface area contributed by atoms with Gasteiger partial charge in [-0.15, -0.1) is 10.2 Å². The molecule has 0 unspecified atom stereocenters. The number of rotatable bonds is 4. The fourth-order valence-electron chi connectivity index (χ4n) is 3.22. The summed E-state index contributed by atoms with van der Waals surface area (Å²) in [5.74, 6) is -0.128. The zero-order valence-corrected chi connectivity index (χ0v) is 18.1. The molecular formula is C16H15N7O4S3. The molecule has 4 aromatic rings. The molecule has 0 aliphatic rings. The van der Waals surface area contributed by atoms with E-state index >= 15 is 0 Å². The standard InChI is InChI=1S/C16H15N7O4S3/c1-7-3-4-9(12-13(7)28-16(17)19-12)8-5-6-10(29(2,24)25)14(30(18,26)27)11(8)15-20-22-23-21-15/h3-6H,1-2H3,(H2,17,19)(H2,18,26,27)(H,20,21,22,23). The van der Waals surface area contributed by atoms with Gasteiger partial charge in [-0.25, -0.2) is 27.0 Å². The van der Waals surface area contributed by atoms with Gasteiger partial charge in [-0.2, -0.15) is 5.21 Å². The van der Waals surface area contributed by atoms with Crippen LogP contribution in [0.15, 0.2) is 34.1 Å². The quantitative estimate of drug-likeness (QED) is 0.396. The molecule has 0 aliphatic carbocycles. The maximum atomic E-state index is 12.5. The number of nitrogens with zero attached hydrogens (tertiary/aromatic N) is 4. The molecule has 0 bridgehead atoms. The van der Waals surface area contributed by atoms with Gasteiger partial charge >= 0.3 is 0 Å². The number of nitrogen functional groups attached to an aromatic ring is 1. The zero-order chi connectivity index (χ0) is 21.8. The number of aromatic nitrogens is 5. The van der Waals surface area contributed by atoms with Crippen LogP contribution in [-0.4, -0.2) is 48.7 Å². The third-order valence-electron chi connectivity index (χ3n) is 4.42. The van der Waals surface area contributed by atoms with Gasteiger partial charge in [0.1, 0.15) is 4.90 Å². The van der Waals surface area contributed by atoms with Crippen LogP contribution in [0.25, 0.3) is 32.7 Å². The number of primary sulfonamides is 1. The predicted octanol–water partition coefficient (Wildman–Crippen LogP) is 1.08. The average molecular weight is 466 g/mol. The Kier molecular flexibility index (Phi) is 4.61. The molecule has 0 fully saturated rings. The number of hydrogen-bond donors (Lipinski definition) is 3. The van der Waals surface area contributed by atoms with Crippen LogP contribution in [0.3, 0.4) is 0 Å². The summed E-state index contributed by atoms with van der Waals surface area (Å²) in [6.45, 7) is 1.90. The van der Waals surface area contributed by atoms with Crippen molar-refractivity contribution in [3.05, 3.63) is 29.8 Å². The molecule has 11 nitrogen and oxygen atoms in total. The average Bonchev–Trinajstić information content (AvgIpc) is 3.29. The molecule has 5 N–H and O–H groups in total. The number of sulfonamides is 1. The molecular weight excluding hydrogens is 450 g/mol. The first-order chi connectivity index (χ1) is 14.0. The van der Waals surface area contributed by atoms with Crippen molar-refractivity contribution >= 4 is 46.5 Å². The SMILES string of the molecule is Cc1ccc(-c2ccc(S(C)(=O)=O)c(S(N)(=O)=O)c2-c2nn[nH]n2)c2nc(N)sc12. The molecule has 0 aliphatic heterocycles. The number of thiazole rings is 1. The van der Waals surface area contributed by atoms with Crippen molar-refractivity contribution in [3.8, 4) is 22.5 Å². The van der Waals surface area contributed by atoms with Gasteiger partial charge in [-0.05, 0) is 29.3 Å². The Morgan fingerprint density at radius 3 is 2.37 bits per heavy atom. The fraction of sp³-hybridized carbons (Fsp3) is 0.125.